The Hall–Kier alpha value is -2.12. The van der Waals surface area contributed by atoms with Crippen LogP contribution in [0.4, 0.5) is 11.9 Å². The number of hydrogen-bond acceptors (Lipinski definition) is 7. The monoisotopic (exact) mass is 268 g/mol. The van der Waals surface area contributed by atoms with Crippen molar-refractivity contribution in [3.8, 4) is 6.01 Å². The molecule has 19 heavy (non-hydrogen) atoms. The number of amides is 1. The lowest BCUT2D eigenvalue weighted by molar-refractivity contribution is -0.119. The van der Waals surface area contributed by atoms with Crippen LogP contribution in [0.3, 0.4) is 0 Å². The van der Waals surface area contributed by atoms with Crippen LogP contribution in [-0.4, -0.2) is 54.7 Å². The Bertz CT molecular complexity index is 426. The molecular formula is C11H20N6O2. The van der Waals surface area contributed by atoms with E-state index in [9.17, 15) is 4.79 Å². The molecule has 0 spiro atoms. The molecule has 8 nitrogen and oxygen atoms in total. The Morgan fingerprint density at radius 3 is 2.53 bits per heavy atom. The third-order valence-electron chi connectivity index (χ3n) is 2.38. The number of nitrogens with one attached hydrogen (secondary N) is 2. The Morgan fingerprint density at radius 2 is 2.00 bits per heavy atom. The third-order valence-corrected chi connectivity index (χ3v) is 2.38. The van der Waals surface area contributed by atoms with Crippen LogP contribution in [0.5, 0.6) is 6.01 Å². The molecule has 0 fully saturated rings. The molecule has 8 heteroatoms. The molecule has 0 atom stereocenters. The number of hydrogen-bond donors (Lipinski definition) is 2. The summed E-state index contributed by atoms with van der Waals surface area (Å²) in [4.78, 5) is 25.7. The van der Waals surface area contributed by atoms with E-state index in [0.29, 0.717) is 25.0 Å². The number of rotatable bonds is 7. The Kier molecular flexibility index (Phi) is 5.77. The molecule has 0 saturated carbocycles. The van der Waals surface area contributed by atoms with Crippen molar-refractivity contribution in [3.05, 3.63) is 0 Å². The van der Waals surface area contributed by atoms with E-state index in [4.69, 9.17) is 4.74 Å². The molecule has 1 heterocycles. The van der Waals surface area contributed by atoms with E-state index >= 15 is 0 Å². The van der Waals surface area contributed by atoms with E-state index in [1.165, 1.54) is 0 Å². The van der Waals surface area contributed by atoms with Gasteiger partial charge in [0.1, 0.15) is 0 Å². The second-order valence-corrected chi connectivity index (χ2v) is 3.61. The average Bonchev–Trinajstić information content (AvgIpc) is 2.44. The van der Waals surface area contributed by atoms with Crippen molar-refractivity contribution in [2.24, 2.45) is 0 Å². The lowest BCUT2D eigenvalue weighted by atomic mass is 10.5. The number of likely N-dealkylation sites (N-methyl/N-ethyl adjacent to an activating group) is 2. The fourth-order valence-electron chi connectivity index (χ4n) is 1.37. The lowest BCUT2D eigenvalue weighted by Gasteiger charge is -2.20. The van der Waals surface area contributed by atoms with E-state index in [1.54, 1.807) is 19.0 Å². The van der Waals surface area contributed by atoms with E-state index in [0.717, 1.165) is 0 Å². The first kappa shape index (κ1) is 14.9. The van der Waals surface area contributed by atoms with Crippen molar-refractivity contribution in [1.29, 1.82) is 0 Å². The van der Waals surface area contributed by atoms with Gasteiger partial charge in [0, 0.05) is 20.6 Å². The van der Waals surface area contributed by atoms with Crippen LogP contribution in [0.15, 0.2) is 0 Å². The van der Waals surface area contributed by atoms with Crippen LogP contribution < -0.4 is 20.3 Å². The average molecular weight is 268 g/mol. The highest BCUT2D eigenvalue weighted by Gasteiger charge is 2.15. The van der Waals surface area contributed by atoms with Crippen molar-refractivity contribution in [2.75, 3.05) is 44.0 Å². The number of nitrogens with zero attached hydrogens (tertiary/aromatic N) is 4. The van der Waals surface area contributed by atoms with Gasteiger partial charge in [-0.1, -0.05) is 0 Å². The summed E-state index contributed by atoms with van der Waals surface area (Å²) in [5.74, 6) is 0.712. The molecule has 1 aromatic heterocycles. The van der Waals surface area contributed by atoms with Crippen LogP contribution >= 0.6 is 0 Å². The topological polar surface area (TPSA) is 92.3 Å². The molecule has 106 valence electrons. The second kappa shape index (κ2) is 7.34. The normalized spacial score (nSPS) is 9.89. The largest absolute Gasteiger partial charge is 0.464 e. The molecule has 0 radical (unpaired) electrons. The molecule has 1 aromatic rings. The summed E-state index contributed by atoms with van der Waals surface area (Å²) in [6.45, 7) is 5.03. The van der Waals surface area contributed by atoms with Crippen molar-refractivity contribution < 1.29 is 9.53 Å². The molecule has 0 aliphatic rings. The minimum absolute atomic E-state index is 0.105. The number of carbonyl (C=O) groups is 1. The number of carbonyl (C=O) groups excluding carboxylic acids is 1. The van der Waals surface area contributed by atoms with Crippen molar-refractivity contribution in [2.45, 2.75) is 13.8 Å². The van der Waals surface area contributed by atoms with Gasteiger partial charge in [-0.05, 0) is 13.8 Å². The molecule has 0 aliphatic heterocycles. The molecule has 2 N–H and O–H groups in total. The van der Waals surface area contributed by atoms with Crippen LogP contribution in [0, 0.1) is 0 Å². The smallest absolute Gasteiger partial charge is 0.323 e. The maximum atomic E-state index is 11.4. The van der Waals surface area contributed by atoms with Gasteiger partial charge in [-0.15, -0.1) is 0 Å². The zero-order valence-corrected chi connectivity index (χ0v) is 11.7. The van der Waals surface area contributed by atoms with Gasteiger partial charge >= 0.3 is 6.01 Å². The van der Waals surface area contributed by atoms with Crippen molar-refractivity contribution >= 4 is 17.8 Å². The fraction of sp³-hybridized carbons (Fsp3) is 0.636. The van der Waals surface area contributed by atoms with E-state index < -0.39 is 0 Å². The summed E-state index contributed by atoms with van der Waals surface area (Å²) in [6, 6.07) is 0.243. The Labute approximate surface area is 112 Å². The quantitative estimate of drug-likeness (QED) is 0.712. The zero-order valence-electron chi connectivity index (χ0n) is 11.7. The van der Waals surface area contributed by atoms with Gasteiger partial charge in [0.15, 0.2) is 0 Å². The highest BCUT2D eigenvalue weighted by Crippen LogP contribution is 2.14. The van der Waals surface area contributed by atoms with Crippen LogP contribution in [0.25, 0.3) is 0 Å². The van der Waals surface area contributed by atoms with Crippen LogP contribution in [0.1, 0.15) is 13.8 Å². The Balaban J connectivity index is 3.00. The summed E-state index contributed by atoms with van der Waals surface area (Å²) in [5.41, 5.74) is 0. The Morgan fingerprint density at radius 1 is 1.26 bits per heavy atom. The standard InChI is InChI=1S/C11H20N6O2/c1-5-17(7-8(18)12-3)10-14-9(13-4)15-11(16-10)19-6-2/h5-7H2,1-4H3,(H,12,18)(H,13,14,15,16). The molecule has 0 saturated heterocycles. The van der Waals surface area contributed by atoms with E-state index in [2.05, 4.69) is 25.6 Å². The zero-order chi connectivity index (χ0) is 14.3. The maximum Gasteiger partial charge on any atom is 0.323 e. The molecule has 0 aliphatic carbocycles. The maximum absolute atomic E-state index is 11.4. The lowest BCUT2D eigenvalue weighted by Crippen LogP contribution is -2.36. The molecule has 0 bridgehead atoms. The fourth-order valence-corrected chi connectivity index (χ4v) is 1.37. The molecule has 1 rings (SSSR count). The van der Waals surface area contributed by atoms with Gasteiger partial charge < -0.3 is 20.3 Å². The third kappa shape index (κ3) is 4.23. The van der Waals surface area contributed by atoms with E-state index in [1.807, 2.05) is 13.8 Å². The van der Waals surface area contributed by atoms with Crippen LogP contribution in [-0.2, 0) is 4.79 Å². The molecular weight excluding hydrogens is 248 g/mol. The summed E-state index contributed by atoms with van der Waals surface area (Å²) < 4.78 is 5.29. The van der Waals surface area contributed by atoms with Gasteiger partial charge in [-0.25, -0.2) is 0 Å². The summed E-state index contributed by atoms with van der Waals surface area (Å²) in [7, 11) is 3.30. The SMILES string of the molecule is CCOc1nc(NC)nc(N(CC)CC(=O)NC)n1. The molecule has 0 unspecified atom stereocenters. The summed E-state index contributed by atoms with van der Waals surface area (Å²) in [5, 5.41) is 5.41. The van der Waals surface area contributed by atoms with Gasteiger partial charge in [0.05, 0.1) is 13.2 Å². The first-order chi connectivity index (χ1) is 9.14. The molecule has 0 aromatic carbocycles. The minimum atomic E-state index is -0.105. The first-order valence-corrected chi connectivity index (χ1v) is 6.16. The number of aromatic nitrogens is 3. The van der Waals surface area contributed by atoms with Gasteiger partial charge in [-0.3, -0.25) is 4.79 Å². The van der Waals surface area contributed by atoms with Gasteiger partial charge in [0.2, 0.25) is 17.8 Å². The number of anilines is 2. The number of ether oxygens (including phenoxy) is 1. The minimum Gasteiger partial charge on any atom is -0.464 e. The van der Waals surface area contributed by atoms with Crippen molar-refractivity contribution in [1.82, 2.24) is 20.3 Å². The predicted molar refractivity (Wildman–Crippen MR) is 72.5 cm³/mol. The predicted octanol–water partition coefficient (Wildman–Crippen LogP) is -0.116. The van der Waals surface area contributed by atoms with E-state index in [-0.39, 0.29) is 18.5 Å². The summed E-state index contributed by atoms with van der Waals surface area (Å²) in [6.07, 6.45) is 0. The second-order valence-electron chi connectivity index (χ2n) is 3.61. The highest BCUT2D eigenvalue weighted by molar-refractivity contribution is 5.80. The first-order valence-electron chi connectivity index (χ1n) is 6.16. The summed E-state index contributed by atoms with van der Waals surface area (Å²) >= 11 is 0. The van der Waals surface area contributed by atoms with Crippen molar-refractivity contribution in [3.63, 3.8) is 0 Å². The van der Waals surface area contributed by atoms with Crippen LogP contribution in [0.2, 0.25) is 0 Å². The molecule has 1 amide bonds. The van der Waals surface area contributed by atoms with Gasteiger partial charge in [0.25, 0.3) is 0 Å². The highest BCUT2D eigenvalue weighted by atomic mass is 16.5. The van der Waals surface area contributed by atoms with Gasteiger partial charge in [-0.2, -0.15) is 15.0 Å².